The molecule has 38 heavy (non-hydrogen) atoms. The van der Waals surface area contributed by atoms with E-state index >= 15 is 0 Å². The minimum Gasteiger partial charge on any atom is -0.379 e. The number of fused-ring (bicyclic) bond motifs is 1. The maximum Gasteiger partial charge on any atom is 0.252 e. The summed E-state index contributed by atoms with van der Waals surface area (Å²) < 4.78 is 7.47. The SMILES string of the molecule is CC[C@@H](c1nnnn1CCc1ccccc1)N(CCN1CCOCC1)Cc1cc2cc(C)ccc2[nH]c1=O. The van der Waals surface area contributed by atoms with Gasteiger partial charge >= 0.3 is 0 Å². The second kappa shape index (κ2) is 12.4. The van der Waals surface area contributed by atoms with Crippen LogP contribution in [-0.4, -0.2) is 74.4 Å². The average Bonchev–Trinajstić information content (AvgIpc) is 3.41. The van der Waals surface area contributed by atoms with E-state index in [1.807, 2.05) is 28.9 Å². The van der Waals surface area contributed by atoms with Crippen LogP contribution in [0.5, 0.6) is 0 Å². The molecule has 0 bridgehead atoms. The zero-order valence-electron chi connectivity index (χ0n) is 22.3. The van der Waals surface area contributed by atoms with Crippen molar-refractivity contribution in [3.05, 3.63) is 87.5 Å². The lowest BCUT2D eigenvalue weighted by Crippen LogP contribution is -2.43. The van der Waals surface area contributed by atoms with Crippen molar-refractivity contribution in [2.45, 2.75) is 45.8 Å². The topological polar surface area (TPSA) is 92.2 Å². The first-order valence-electron chi connectivity index (χ1n) is 13.6. The minimum absolute atomic E-state index is 0.0191. The summed E-state index contributed by atoms with van der Waals surface area (Å²) in [7, 11) is 0. The number of morpholine rings is 1. The summed E-state index contributed by atoms with van der Waals surface area (Å²) in [5.74, 6) is 0.846. The molecule has 0 unspecified atom stereocenters. The van der Waals surface area contributed by atoms with Crippen LogP contribution >= 0.6 is 0 Å². The molecule has 1 N–H and O–H groups in total. The van der Waals surface area contributed by atoms with Gasteiger partial charge in [0.1, 0.15) is 0 Å². The van der Waals surface area contributed by atoms with Crippen LogP contribution in [0.25, 0.3) is 10.9 Å². The maximum atomic E-state index is 13.1. The molecule has 1 fully saturated rings. The fraction of sp³-hybridized carbons (Fsp3) is 0.448. The van der Waals surface area contributed by atoms with E-state index in [2.05, 4.69) is 74.5 Å². The van der Waals surface area contributed by atoms with Gasteiger partial charge in [0.25, 0.3) is 5.56 Å². The number of ether oxygens (including phenoxy) is 1. The van der Waals surface area contributed by atoms with Gasteiger partial charge in [-0.05, 0) is 59.3 Å². The molecule has 0 radical (unpaired) electrons. The molecule has 4 aromatic rings. The fourth-order valence-electron chi connectivity index (χ4n) is 5.24. The summed E-state index contributed by atoms with van der Waals surface area (Å²) in [4.78, 5) is 21.0. The third kappa shape index (κ3) is 6.35. The fourth-order valence-corrected chi connectivity index (χ4v) is 5.24. The van der Waals surface area contributed by atoms with E-state index in [1.54, 1.807) is 0 Å². The Hall–Kier alpha value is -3.40. The summed E-state index contributed by atoms with van der Waals surface area (Å²) in [6.07, 6.45) is 1.69. The molecule has 0 saturated carbocycles. The Morgan fingerprint density at radius 2 is 1.89 bits per heavy atom. The van der Waals surface area contributed by atoms with E-state index in [0.29, 0.717) is 13.1 Å². The highest BCUT2D eigenvalue weighted by Crippen LogP contribution is 2.25. The van der Waals surface area contributed by atoms with Crippen LogP contribution in [0.2, 0.25) is 0 Å². The molecule has 1 atom stereocenters. The Balaban J connectivity index is 1.41. The largest absolute Gasteiger partial charge is 0.379 e. The van der Waals surface area contributed by atoms with Gasteiger partial charge in [0, 0.05) is 50.3 Å². The number of tetrazole rings is 1. The summed E-state index contributed by atoms with van der Waals surface area (Å²) in [5.41, 5.74) is 4.00. The third-order valence-corrected chi connectivity index (χ3v) is 7.40. The first-order valence-corrected chi connectivity index (χ1v) is 13.6. The Kier molecular flexibility index (Phi) is 8.58. The summed E-state index contributed by atoms with van der Waals surface area (Å²) in [6, 6.07) is 18.5. The standard InChI is InChI=1S/C29H37N7O2/c1-3-27(28-31-32-33-36(28)12-11-23-7-5-4-6-8-23)35(14-13-34-15-17-38-18-16-34)21-25-20-24-19-22(2)9-10-26(24)30-29(25)37/h4-10,19-20,27H,3,11-18,21H2,1-2H3,(H,30,37)/t27-/m0/s1. The number of rotatable bonds is 11. The third-order valence-electron chi connectivity index (χ3n) is 7.40. The van der Waals surface area contributed by atoms with E-state index in [9.17, 15) is 4.79 Å². The summed E-state index contributed by atoms with van der Waals surface area (Å²) in [6.45, 7) is 10.5. The molecule has 1 aliphatic heterocycles. The van der Waals surface area contributed by atoms with Gasteiger partial charge in [-0.15, -0.1) is 5.10 Å². The summed E-state index contributed by atoms with van der Waals surface area (Å²) in [5, 5.41) is 13.9. The molecular weight excluding hydrogens is 478 g/mol. The Morgan fingerprint density at radius 1 is 1.08 bits per heavy atom. The van der Waals surface area contributed by atoms with Crippen molar-refractivity contribution >= 4 is 10.9 Å². The van der Waals surface area contributed by atoms with Crippen molar-refractivity contribution in [1.29, 1.82) is 0 Å². The van der Waals surface area contributed by atoms with Crippen molar-refractivity contribution in [1.82, 2.24) is 35.0 Å². The first kappa shape index (κ1) is 26.2. The lowest BCUT2D eigenvalue weighted by Gasteiger charge is -2.33. The molecule has 3 heterocycles. The van der Waals surface area contributed by atoms with Crippen molar-refractivity contribution in [2.24, 2.45) is 0 Å². The number of aromatic nitrogens is 5. The van der Waals surface area contributed by atoms with Crippen LogP contribution in [0.1, 0.15) is 41.9 Å². The van der Waals surface area contributed by atoms with Crippen LogP contribution in [-0.2, 0) is 24.2 Å². The molecule has 0 aliphatic carbocycles. The van der Waals surface area contributed by atoms with Crippen LogP contribution in [0.4, 0.5) is 0 Å². The van der Waals surface area contributed by atoms with Gasteiger partial charge in [-0.2, -0.15) is 0 Å². The number of nitrogens with one attached hydrogen (secondary N) is 1. The maximum absolute atomic E-state index is 13.1. The number of aromatic amines is 1. The highest BCUT2D eigenvalue weighted by atomic mass is 16.5. The van der Waals surface area contributed by atoms with Crippen LogP contribution in [0.15, 0.2) is 59.4 Å². The lowest BCUT2D eigenvalue weighted by molar-refractivity contribution is 0.0291. The van der Waals surface area contributed by atoms with E-state index in [-0.39, 0.29) is 11.6 Å². The molecule has 5 rings (SSSR count). The Bertz CT molecular complexity index is 1380. The first-order chi connectivity index (χ1) is 18.6. The van der Waals surface area contributed by atoms with Gasteiger partial charge in [0.2, 0.25) is 0 Å². The van der Waals surface area contributed by atoms with Crippen molar-refractivity contribution in [2.75, 3.05) is 39.4 Å². The minimum atomic E-state index is -0.0451. The lowest BCUT2D eigenvalue weighted by atomic mass is 10.1. The van der Waals surface area contributed by atoms with Gasteiger partial charge in [-0.1, -0.05) is 48.9 Å². The van der Waals surface area contributed by atoms with Gasteiger partial charge in [-0.3, -0.25) is 14.6 Å². The van der Waals surface area contributed by atoms with Crippen molar-refractivity contribution in [3.63, 3.8) is 0 Å². The highest BCUT2D eigenvalue weighted by Gasteiger charge is 2.26. The van der Waals surface area contributed by atoms with Gasteiger partial charge in [0.15, 0.2) is 5.82 Å². The highest BCUT2D eigenvalue weighted by molar-refractivity contribution is 5.79. The predicted molar refractivity (Wildman–Crippen MR) is 148 cm³/mol. The molecule has 2 aromatic carbocycles. The summed E-state index contributed by atoms with van der Waals surface area (Å²) >= 11 is 0. The molecule has 200 valence electrons. The second-order valence-corrected chi connectivity index (χ2v) is 10.1. The predicted octanol–water partition coefficient (Wildman–Crippen LogP) is 3.35. The smallest absolute Gasteiger partial charge is 0.252 e. The monoisotopic (exact) mass is 515 g/mol. The molecular formula is C29H37N7O2. The second-order valence-electron chi connectivity index (χ2n) is 10.1. The van der Waals surface area contributed by atoms with Crippen LogP contribution in [0.3, 0.4) is 0 Å². The number of nitrogens with zero attached hydrogens (tertiary/aromatic N) is 6. The molecule has 0 amide bonds. The molecule has 2 aromatic heterocycles. The molecule has 1 saturated heterocycles. The number of hydrogen-bond donors (Lipinski definition) is 1. The average molecular weight is 516 g/mol. The number of aryl methyl sites for hydroxylation is 3. The Labute approximate surface area is 223 Å². The van der Waals surface area contributed by atoms with E-state index in [4.69, 9.17) is 4.74 Å². The van der Waals surface area contributed by atoms with Gasteiger partial charge < -0.3 is 9.72 Å². The van der Waals surface area contributed by atoms with E-state index in [0.717, 1.165) is 74.5 Å². The molecule has 9 nitrogen and oxygen atoms in total. The van der Waals surface area contributed by atoms with E-state index in [1.165, 1.54) is 11.1 Å². The zero-order valence-corrected chi connectivity index (χ0v) is 22.3. The van der Waals surface area contributed by atoms with Crippen LogP contribution in [0, 0.1) is 6.92 Å². The van der Waals surface area contributed by atoms with Gasteiger partial charge in [-0.25, -0.2) is 4.68 Å². The van der Waals surface area contributed by atoms with E-state index < -0.39 is 0 Å². The molecule has 9 heteroatoms. The zero-order chi connectivity index (χ0) is 26.3. The Morgan fingerprint density at radius 3 is 2.68 bits per heavy atom. The number of pyridine rings is 1. The van der Waals surface area contributed by atoms with Crippen LogP contribution < -0.4 is 5.56 Å². The normalized spacial score (nSPS) is 15.3. The van der Waals surface area contributed by atoms with Gasteiger partial charge in [0.05, 0.1) is 19.3 Å². The number of hydrogen-bond acceptors (Lipinski definition) is 7. The molecule has 0 spiro atoms. The van der Waals surface area contributed by atoms with Crippen molar-refractivity contribution in [3.8, 4) is 0 Å². The van der Waals surface area contributed by atoms with Crippen molar-refractivity contribution < 1.29 is 4.74 Å². The number of H-pyrrole nitrogens is 1. The quantitative estimate of drug-likeness (QED) is 0.328. The number of benzene rings is 2. The molecule has 1 aliphatic rings.